The first kappa shape index (κ1) is 13.1. The summed E-state index contributed by atoms with van der Waals surface area (Å²) >= 11 is 0. The summed E-state index contributed by atoms with van der Waals surface area (Å²) in [7, 11) is 1.99. The molecule has 98 valence electrons. The van der Waals surface area contributed by atoms with Crippen LogP contribution in [0.5, 0.6) is 0 Å². The van der Waals surface area contributed by atoms with Gasteiger partial charge in [0.2, 0.25) is 0 Å². The summed E-state index contributed by atoms with van der Waals surface area (Å²) in [6.45, 7) is 4.06. The van der Waals surface area contributed by atoms with Crippen LogP contribution in [-0.4, -0.2) is 15.1 Å². The predicted octanol–water partition coefficient (Wildman–Crippen LogP) is 2.09. The second kappa shape index (κ2) is 4.71. The monoisotopic (exact) mass is 246 g/mol. The quantitative estimate of drug-likeness (QED) is 0.868. The Balaban J connectivity index is 2.15. The first-order valence-electron chi connectivity index (χ1n) is 6.32. The topological polar surface area (TPSA) is 69.9 Å². The molecular formula is C14H22N4. The number of hydrogen-bond acceptors (Lipinski definition) is 3. The van der Waals surface area contributed by atoms with E-state index >= 15 is 0 Å². The van der Waals surface area contributed by atoms with Gasteiger partial charge in [0.05, 0.1) is 17.4 Å². The second-order valence-electron chi connectivity index (χ2n) is 5.74. The molecule has 0 bridgehead atoms. The minimum atomic E-state index is -0.160. The van der Waals surface area contributed by atoms with Crippen molar-refractivity contribution in [2.24, 2.45) is 18.5 Å². The molecule has 0 saturated carbocycles. The lowest BCUT2D eigenvalue weighted by molar-refractivity contribution is 0.433. The molecule has 1 aromatic carbocycles. The van der Waals surface area contributed by atoms with E-state index in [1.807, 2.05) is 31.8 Å². The maximum absolute atomic E-state index is 6.21. The van der Waals surface area contributed by atoms with Crippen molar-refractivity contribution in [2.75, 3.05) is 0 Å². The molecule has 18 heavy (non-hydrogen) atoms. The highest BCUT2D eigenvalue weighted by molar-refractivity contribution is 5.76. The zero-order valence-electron chi connectivity index (χ0n) is 11.4. The molecule has 4 N–H and O–H groups in total. The molecule has 0 radical (unpaired) electrons. The Kier molecular flexibility index (Phi) is 3.41. The van der Waals surface area contributed by atoms with E-state index in [2.05, 4.69) is 23.2 Å². The van der Waals surface area contributed by atoms with Crippen molar-refractivity contribution in [3.05, 3.63) is 30.1 Å². The largest absolute Gasteiger partial charge is 0.334 e. The first-order chi connectivity index (χ1) is 8.37. The third-order valence-corrected chi connectivity index (χ3v) is 3.28. The van der Waals surface area contributed by atoms with Crippen molar-refractivity contribution < 1.29 is 0 Å². The Morgan fingerprint density at radius 2 is 2.11 bits per heavy atom. The van der Waals surface area contributed by atoms with Gasteiger partial charge < -0.3 is 16.0 Å². The second-order valence-corrected chi connectivity index (χ2v) is 5.74. The number of aryl methyl sites for hydroxylation is 1. The Morgan fingerprint density at radius 3 is 2.78 bits per heavy atom. The van der Waals surface area contributed by atoms with Gasteiger partial charge in [0, 0.05) is 18.6 Å². The minimum absolute atomic E-state index is 0.0271. The molecule has 2 rings (SSSR count). The molecule has 0 fully saturated rings. The summed E-state index contributed by atoms with van der Waals surface area (Å²) in [5.74, 6) is 0. The number of fused-ring (bicyclic) bond motifs is 1. The fourth-order valence-electron chi connectivity index (χ4n) is 2.08. The lowest BCUT2D eigenvalue weighted by Crippen LogP contribution is -2.32. The molecule has 4 heteroatoms. The van der Waals surface area contributed by atoms with E-state index in [0.29, 0.717) is 0 Å². The molecular weight excluding hydrogens is 224 g/mol. The van der Waals surface area contributed by atoms with Crippen molar-refractivity contribution in [3.63, 3.8) is 0 Å². The van der Waals surface area contributed by atoms with E-state index in [1.54, 1.807) is 0 Å². The van der Waals surface area contributed by atoms with Crippen LogP contribution in [0.1, 0.15) is 38.3 Å². The molecule has 1 unspecified atom stereocenters. The maximum Gasteiger partial charge on any atom is 0.0955 e. The molecule has 0 saturated heterocycles. The molecule has 0 aliphatic heterocycles. The van der Waals surface area contributed by atoms with Crippen molar-refractivity contribution in [3.8, 4) is 0 Å². The Labute approximate surface area is 108 Å². The summed E-state index contributed by atoms with van der Waals surface area (Å²) in [6.07, 6.45) is 3.62. The van der Waals surface area contributed by atoms with Gasteiger partial charge in [-0.05, 0) is 44.4 Å². The van der Waals surface area contributed by atoms with Gasteiger partial charge in [0.15, 0.2) is 0 Å². The fraction of sp³-hybridized carbons (Fsp3) is 0.500. The van der Waals surface area contributed by atoms with Gasteiger partial charge in [-0.1, -0.05) is 6.07 Å². The van der Waals surface area contributed by atoms with Gasteiger partial charge in [-0.2, -0.15) is 0 Å². The first-order valence-corrected chi connectivity index (χ1v) is 6.32. The number of benzene rings is 1. The Bertz CT molecular complexity index is 536. The molecule has 0 amide bonds. The van der Waals surface area contributed by atoms with Crippen LogP contribution >= 0.6 is 0 Å². The third-order valence-electron chi connectivity index (χ3n) is 3.28. The third kappa shape index (κ3) is 2.89. The zero-order chi connectivity index (χ0) is 13.3. The average molecular weight is 246 g/mol. The van der Waals surface area contributed by atoms with E-state index in [1.165, 1.54) is 0 Å². The maximum atomic E-state index is 6.21. The predicted molar refractivity (Wildman–Crippen MR) is 75.1 cm³/mol. The van der Waals surface area contributed by atoms with Crippen LogP contribution in [0.3, 0.4) is 0 Å². The van der Waals surface area contributed by atoms with E-state index in [9.17, 15) is 0 Å². The highest BCUT2D eigenvalue weighted by Gasteiger charge is 2.14. The van der Waals surface area contributed by atoms with Crippen LogP contribution < -0.4 is 11.5 Å². The SMILES string of the molecule is Cn1cnc2cc(C(N)CCC(C)(C)N)ccc21. The molecule has 1 aromatic heterocycles. The summed E-state index contributed by atoms with van der Waals surface area (Å²) < 4.78 is 2.01. The van der Waals surface area contributed by atoms with Gasteiger partial charge in [-0.25, -0.2) is 4.98 Å². The Morgan fingerprint density at radius 1 is 1.39 bits per heavy atom. The van der Waals surface area contributed by atoms with Gasteiger partial charge >= 0.3 is 0 Å². The summed E-state index contributed by atoms with van der Waals surface area (Å²) in [6, 6.07) is 6.26. The lowest BCUT2D eigenvalue weighted by Gasteiger charge is -2.21. The van der Waals surface area contributed by atoms with Crippen LogP contribution in [-0.2, 0) is 7.05 Å². The zero-order valence-corrected chi connectivity index (χ0v) is 11.4. The minimum Gasteiger partial charge on any atom is -0.334 e. The summed E-state index contributed by atoms with van der Waals surface area (Å²) in [5.41, 5.74) is 15.3. The molecule has 1 atom stereocenters. The van der Waals surface area contributed by atoms with Crippen molar-refractivity contribution >= 4 is 11.0 Å². The van der Waals surface area contributed by atoms with Crippen LogP contribution in [0.2, 0.25) is 0 Å². The molecule has 4 nitrogen and oxygen atoms in total. The average Bonchev–Trinajstić information content (AvgIpc) is 2.66. The number of hydrogen-bond donors (Lipinski definition) is 2. The van der Waals surface area contributed by atoms with E-state index in [-0.39, 0.29) is 11.6 Å². The molecule has 0 spiro atoms. The van der Waals surface area contributed by atoms with Crippen molar-refractivity contribution in [1.82, 2.24) is 9.55 Å². The number of nitrogens with two attached hydrogens (primary N) is 2. The van der Waals surface area contributed by atoms with Crippen molar-refractivity contribution in [2.45, 2.75) is 38.3 Å². The normalized spacial score (nSPS) is 14.1. The Hall–Kier alpha value is -1.39. The molecule has 0 aliphatic rings. The summed E-state index contributed by atoms with van der Waals surface area (Å²) in [5, 5.41) is 0. The lowest BCUT2D eigenvalue weighted by atomic mass is 9.94. The molecule has 2 aromatic rings. The van der Waals surface area contributed by atoms with Crippen LogP contribution in [0.4, 0.5) is 0 Å². The number of aromatic nitrogens is 2. The van der Waals surface area contributed by atoms with Gasteiger partial charge in [-0.15, -0.1) is 0 Å². The van der Waals surface area contributed by atoms with E-state index in [0.717, 1.165) is 29.4 Å². The van der Waals surface area contributed by atoms with Gasteiger partial charge in [-0.3, -0.25) is 0 Å². The standard InChI is InChI=1S/C14H22N4/c1-14(2,16)7-6-11(15)10-4-5-13-12(8-10)17-9-18(13)3/h4-5,8-9,11H,6-7,15-16H2,1-3H3. The number of rotatable bonds is 4. The molecule has 1 heterocycles. The highest BCUT2D eigenvalue weighted by atomic mass is 15.0. The highest BCUT2D eigenvalue weighted by Crippen LogP contribution is 2.22. The fourth-order valence-corrected chi connectivity index (χ4v) is 2.08. The smallest absolute Gasteiger partial charge is 0.0955 e. The van der Waals surface area contributed by atoms with Gasteiger partial charge in [0.1, 0.15) is 0 Å². The van der Waals surface area contributed by atoms with Crippen LogP contribution in [0.25, 0.3) is 11.0 Å². The van der Waals surface area contributed by atoms with Gasteiger partial charge in [0.25, 0.3) is 0 Å². The number of nitrogens with zero attached hydrogens (tertiary/aromatic N) is 2. The molecule has 0 aliphatic carbocycles. The van der Waals surface area contributed by atoms with E-state index < -0.39 is 0 Å². The van der Waals surface area contributed by atoms with Crippen LogP contribution in [0.15, 0.2) is 24.5 Å². The van der Waals surface area contributed by atoms with E-state index in [4.69, 9.17) is 11.5 Å². The van der Waals surface area contributed by atoms with Crippen LogP contribution in [0, 0.1) is 0 Å². The van der Waals surface area contributed by atoms with Crippen molar-refractivity contribution in [1.29, 1.82) is 0 Å². The number of imidazole rings is 1. The summed E-state index contributed by atoms with van der Waals surface area (Å²) in [4.78, 5) is 4.35.